The van der Waals surface area contributed by atoms with Gasteiger partial charge in [0.1, 0.15) is 24.4 Å². The highest BCUT2D eigenvalue weighted by Crippen LogP contribution is 2.29. The van der Waals surface area contributed by atoms with Crippen molar-refractivity contribution in [1.29, 1.82) is 0 Å². The number of benzene rings is 3. The number of nitrogens with one attached hydrogen (secondary N) is 1. The highest BCUT2D eigenvalue weighted by molar-refractivity contribution is 5.77. The van der Waals surface area contributed by atoms with E-state index >= 15 is 0 Å². The van der Waals surface area contributed by atoms with Crippen LogP contribution >= 0.6 is 0 Å². The van der Waals surface area contributed by atoms with Gasteiger partial charge in [-0.2, -0.15) is 0 Å². The molecule has 0 saturated carbocycles. The molecule has 0 bridgehead atoms. The summed E-state index contributed by atoms with van der Waals surface area (Å²) in [7, 11) is 0. The monoisotopic (exact) mass is 715 g/mol. The number of aliphatic hydroxyl groups is 1. The Balaban J connectivity index is 1.48. The van der Waals surface area contributed by atoms with Crippen molar-refractivity contribution >= 4 is 5.91 Å². The minimum Gasteiger partial charge on any atom is -0.394 e. The molecule has 3 aromatic carbocycles. The standard InChI is InChI=1S/C44H61NO7/c1-3-5-6-7-8-9-10-11-21-28-38(49-32-35-22-15-12-16-23-35)30-40(47)45-41-43(51-34-37-26-19-14-20-27-37)42(50-33-36-24-17-13-18-25-36)39(31-46)52-44(41)48-29-4-2/h4,12-20,22-27,38-39,41-44,46H,2-3,5-11,21,28-34H2,1H3,(H,45,47). The zero-order chi connectivity index (χ0) is 36.6. The van der Waals surface area contributed by atoms with Crippen molar-refractivity contribution in [2.24, 2.45) is 0 Å². The van der Waals surface area contributed by atoms with Crippen LogP contribution in [0.3, 0.4) is 0 Å². The van der Waals surface area contributed by atoms with Gasteiger partial charge in [0.25, 0.3) is 0 Å². The summed E-state index contributed by atoms with van der Waals surface area (Å²) in [6.07, 6.45) is 10.4. The molecule has 3 aromatic rings. The van der Waals surface area contributed by atoms with Crippen molar-refractivity contribution in [3.63, 3.8) is 0 Å². The first-order chi connectivity index (χ1) is 25.6. The molecule has 6 unspecified atom stereocenters. The molecule has 2 N–H and O–H groups in total. The predicted molar refractivity (Wildman–Crippen MR) is 205 cm³/mol. The molecule has 0 aromatic heterocycles. The lowest BCUT2D eigenvalue weighted by molar-refractivity contribution is -0.285. The SMILES string of the molecule is C=CCOC1OC(CO)C(OCc2ccccc2)C(OCc2ccccc2)C1NC(=O)CC(CCCCCCCCCCC)OCc1ccccc1. The van der Waals surface area contributed by atoms with Gasteiger partial charge in [0.05, 0.1) is 45.6 Å². The van der Waals surface area contributed by atoms with Crippen LogP contribution in [0.1, 0.15) is 94.2 Å². The zero-order valence-electron chi connectivity index (χ0n) is 31.1. The van der Waals surface area contributed by atoms with Gasteiger partial charge in [-0.05, 0) is 23.1 Å². The summed E-state index contributed by atoms with van der Waals surface area (Å²) in [4.78, 5) is 14.0. The van der Waals surface area contributed by atoms with Crippen LogP contribution in [-0.4, -0.2) is 61.0 Å². The number of hydrogen-bond acceptors (Lipinski definition) is 7. The summed E-state index contributed by atoms with van der Waals surface area (Å²) in [6, 6.07) is 29.0. The molecule has 4 rings (SSSR count). The lowest BCUT2D eigenvalue weighted by Gasteiger charge is -2.46. The van der Waals surface area contributed by atoms with Crippen LogP contribution < -0.4 is 5.32 Å². The fourth-order valence-electron chi connectivity index (χ4n) is 6.61. The van der Waals surface area contributed by atoms with Gasteiger partial charge in [-0.1, -0.05) is 162 Å². The molecule has 1 aliphatic rings. The van der Waals surface area contributed by atoms with Crippen LogP contribution in [0.2, 0.25) is 0 Å². The van der Waals surface area contributed by atoms with E-state index in [4.69, 9.17) is 23.7 Å². The van der Waals surface area contributed by atoms with Crippen molar-refractivity contribution < 1.29 is 33.6 Å². The average Bonchev–Trinajstić information content (AvgIpc) is 3.18. The Hall–Kier alpha value is -3.37. The van der Waals surface area contributed by atoms with Crippen LogP contribution in [0.15, 0.2) is 104 Å². The Bertz CT molecular complexity index is 1360. The maximum Gasteiger partial charge on any atom is 0.223 e. The van der Waals surface area contributed by atoms with Crippen molar-refractivity contribution in [1.82, 2.24) is 5.32 Å². The third kappa shape index (κ3) is 14.9. The molecule has 8 nitrogen and oxygen atoms in total. The van der Waals surface area contributed by atoms with E-state index in [9.17, 15) is 9.90 Å². The third-order valence-corrected chi connectivity index (χ3v) is 9.47. The Labute approximate surface area is 311 Å². The van der Waals surface area contributed by atoms with E-state index in [0.717, 1.165) is 36.0 Å². The van der Waals surface area contributed by atoms with Crippen LogP contribution in [0.25, 0.3) is 0 Å². The molecule has 6 atom stereocenters. The number of rotatable bonds is 26. The maximum atomic E-state index is 14.0. The van der Waals surface area contributed by atoms with E-state index in [-0.39, 0.29) is 44.9 Å². The van der Waals surface area contributed by atoms with E-state index in [0.29, 0.717) is 6.61 Å². The summed E-state index contributed by atoms with van der Waals surface area (Å²) in [6.45, 7) is 6.92. The van der Waals surface area contributed by atoms with Crippen molar-refractivity contribution in [2.45, 2.75) is 134 Å². The Morgan fingerprint density at radius 3 is 1.81 bits per heavy atom. The summed E-state index contributed by atoms with van der Waals surface area (Å²) in [5.41, 5.74) is 3.02. The first-order valence-corrected chi connectivity index (χ1v) is 19.4. The second kappa shape index (κ2) is 24.8. The normalized spacial score (nSPS) is 20.7. The third-order valence-electron chi connectivity index (χ3n) is 9.47. The number of carbonyl (C=O) groups is 1. The molecule has 284 valence electrons. The van der Waals surface area contributed by atoms with Crippen molar-refractivity contribution in [2.75, 3.05) is 13.2 Å². The maximum absolute atomic E-state index is 14.0. The fourth-order valence-corrected chi connectivity index (χ4v) is 6.61. The van der Waals surface area contributed by atoms with E-state index in [1.54, 1.807) is 6.08 Å². The second-order valence-electron chi connectivity index (χ2n) is 13.7. The van der Waals surface area contributed by atoms with Crippen LogP contribution in [-0.2, 0) is 48.3 Å². The van der Waals surface area contributed by atoms with Crippen LogP contribution in [0.4, 0.5) is 0 Å². The second-order valence-corrected chi connectivity index (χ2v) is 13.7. The van der Waals surface area contributed by atoms with Gasteiger partial charge in [0.15, 0.2) is 6.29 Å². The average molecular weight is 716 g/mol. The fraction of sp³-hybridized carbons (Fsp3) is 0.523. The van der Waals surface area contributed by atoms with E-state index in [1.807, 2.05) is 91.0 Å². The summed E-state index contributed by atoms with van der Waals surface area (Å²) in [5, 5.41) is 13.7. The van der Waals surface area contributed by atoms with Gasteiger partial charge < -0.3 is 34.1 Å². The summed E-state index contributed by atoms with van der Waals surface area (Å²) in [5.74, 6) is -0.188. The van der Waals surface area contributed by atoms with Gasteiger partial charge in [-0.25, -0.2) is 0 Å². The molecule has 1 fully saturated rings. The Morgan fingerprint density at radius 1 is 0.750 bits per heavy atom. The van der Waals surface area contributed by atoms with Gasteiger partial charge in [-0.3, -0.25) is 4.79 Å². The molecule has 0 spiro atoms. The lowest BCUT2D eigenvalue weighted by Crippen LogP contribution is -2.66. The molecule has 1 heterocycles. The Morgan fingerprint density at radius 2 is 1.27 bits per heavy atom. The first kappa shape index (κ1) is 41.4. The molecule has 1 saturated heterocycles. The van der Waals surface area contributed by atoms with E-state index < -0.39 is 30.6 Å². The van der Waals surface area contributed by atoms with Gasteiger partial charge in [0.2, 0.25) is 5.91 Å². The quantitative estimate of drug-likeness (QED) is 0.0636. The topological polar surface area (TPSA) is 95.5 Å². The molecule has 1 amide bonds. The minimum atomic E-state index is -0.905. The van der Waals surface area contributed by atoms with E-state index in [1.165, 1.54) is 44.9 Å². The highest BCUT2D eigenvalue weighted by Gasteiger charge is 2.48. The smallest absolute Gasteiger partial charge is 0.223 e. The molecule has 0 radical (unpaired) electrons. The van der Waals surface area contributed by atoms with Gasteiger partial charge >= 0.3 is 0 Å². The molecule has 52 heavy (non-hydrogen) atoms. The molecular weight excluding hydrogens is 654 g/mol. The van der Waals surface area contributed by atoms with Crippen LogP contribution in [0.5, 0.6) is 0 Å². The minimum absolute atomic E-state index is 0.179. The number of ether oxygens (including phenoxy) is 5. The van der Waals surface area contributed by atoms with E-state index in [2.05, 4.69) is 18.8 Å². The zero-order valence-corrected chi connectivity index (χ0v) is 31.1. The van der Waals surface area contributed by atoms with Crippen molar-refractivity contribution in [3.8, 4) is 0 Å². The lowest BCUT2D eigenvalue weighted by atomic mass is 9.95. The number of hydrogen-bond donors (Lipinski definition) is 2. The van der Waals surface area contributed by atoms with Crippen LogP contribution in [0, 0.1) is 0 Å². The molecule has 1 aliphatic heterocycles. The summed E-state index contributed by atoms with van der Waals surface area (Å²) >= 11 is 0. The number of carbonyl (C=O) groups excluding carboxylic acids is 1. The summed E-state index contributed by atoms with van der Waals surface area (Å²) < 4.78 is 31.8. The number of aliphatic hydroxyl groups excluding tert-OH is 1. The Kier molecular flexibility index (Phi) is 19.7. The first-order valence-electron chi connectivity index (χ1n) is 19.4. The molecule has 8 heteroatoms. The van der Waals surface area contributed by atoms with Gasteiger partial charge in [-0.15, -0.1) is 6.58 Å². The van der Waals surface area contributed by atoms with Crippen molar-refractivity contribution in [3.05, 3.63) is 120 Å². The number of amides is 1. The highest BCUT2D eigenvalue weighted by atomic mass is 16.7. The predicted octanol–water partition coefficient (Wildman–Crippen LogP) is 8.46. The largest absolute Gasteiger partial charge is 0.394 e. The van der Waals surface area contributed by atoms with Gasteiger partial charge in [0, 0.05) is 0 Å². The number of unbranched alkanes of at least 4 members (excludes halogenated alkanes) is 8. The molecular formula is C44H61NO7. The molecule has 0 aliphatic carbocycles.